The number of morpholine rings is 1. The molecular formula is C14H24N4O. The van der Waals surface area contributed by atoms with Crippen molar-refractivity contribution in [1.82, 2.24) is 14.9 Å². The Bertz CT molecular complexity index is 391. The minimum Gasteiger partial charge on any atom is -0.382 e. The van der Waals surface area contributed by atoms with Gasteiger partial charge in [-0.05, 0) is 18.9 Å². The fourth-order valence-corrected chi connectivity index (χ4v) is 2.58. The predicted octanol–water partition coefficient (Wildman–Crippen LogP) is 1.52. The molecule has 1 atom stereocenters. The maximum Gasteiger partial charge on any atom is 0.145 e. The van der Waals surface area contributed by atoms with E-state index in [9.17, 15) is 0 Å². The van der Waals surface area contributed by atoms with Crippen LogP contribution in [0.25, 0.3) is 0 Å². The quantitative estimate of drug-likeness (QED) is 0.873. The first kappa shape index (κ1) is 14.2. The second-order valence-electron chi connectivity index (χ2n) is 5.42. The first-order valence-corrected chi connectivity index (χ1v) is 7.05. The van der Waals surface area contributed by atoms with Crippen molar-refractivity contribution in [2.45, 2.75) is 26.2 Å². The minimum atomic E-state index is 0.372. The second-order valence-corrected chi connectivity index (χ2v) is 5.42. The van der Waals surface area contributed by atoms with Crippen molar-refractivity contribution in [1.29, 1.82) is 0 Å². The van der Waals surface area contributed by atoms with E-state index in [2.05, 4.69) is 28.7 Å². The van der Waals surface area contributed by atoms with Crippen LogP contribution in [0.1, 0.15) is 31.9 Å². The van der Waals surface area contributed by atoms with Gasteiger partial charge < -0.3 is 10.5 Å². The first-order chi connectivity index (χ1) is 9.18. The highest BCUT2D eigenvalue weighted by atomic mass is 16.5. The fourth-order valence-electron chi connectivity index (χ4n) is 2.58. The van der Waals surface area contributed by atoms with Crippen LogP contribution in [-0.2, 0) is 4.74 Å². The summed E-state index contributed by atoms with van der Waals surface area (Å²) in [6.45, 7) is 9.26. The van der Waals surface area contributed by atoms with Crippen LogP contribution in [0, 0.1) is 5.92 Å². The summed E-state index contributed by atoms with van der Waals surface area (Å²) >= 11 is 0. The molecule has 2 rings (SSSR count). The lowest BCUT2D eigenvalue weighted by Gasteiger charge is -2.29. The van der Waals surface area contributed by atoms with Gasteiger partial charge in [-0.15, -0.1) is 0 Å². The third-order valence-corrected chi connectivity index (χ3v) is 3.77. The van der Waals surface area contributed by atoms with Gasteiger partial charge in [0.1, 0.15) is 5.82 Å². The highest BCUT2D eigenvalue weighted by Crippen LogP contribution is 2.29. The molecule has 2 N–H and O–H groups in total. The molecule has 5 nitrogen and oxygen atoms in total. The average molecular weight is 264 g/mol. The number of nitrogens with zero attached hydrogens (tertiary/aromatic N) is 3. The van der Waals surface area contributed by atoms with Gasteiger partial charge in [-0.2, -0.15) is 0 Å². The van der Waals surface area contributed by atoms with Gasteiger partial charge in [-0.3, -0.25) is 9.88 Å². The molecule has 106 valence electrons. The summed E-state index contributed by atoms with van der Waals surface area (Å²) in [5.41, 5.74) is 6.91. The van der Waals surface area contributed by atoms with Crippen LogP contribution in [0.5, 0.6) is 0 Å². The van der Waals surface area contributed by atoms with Crippen molar-refractivity contribution < 1.29 is 4.74 Å². The molecule has 0 aromatic carbocycles. The van der Waals surface area contributed by atoms with Gasteiger partial charge >= 0.3 is 0 Å². The van der Waals surface area contributed by atoms with Crippen LogP contribution in [0.2, 0.25) is 0 Å². The van der Waals surface area contributed by atoms with E-state index in [1.165, 1.54) is 0 Å². The third kappa shape index (κ3) is 3.88. The highest BCUT2D eigenvalue weighted by Gasteiger charge is 2.21. The molecule has 1 aliphatic heterocycles. The zero-order valence-corrected chi connectivity index (χ0v) is 11.9. The van der Waals surface area contributed by atoms with Crippen LogP contribution in [0.4, 0.5) is 5.82 Å². The van der Waals surface area contributed by atoms with E-state index in [0.29, 0.717) is 17.7 Å². The van der Waals surface area contributed by atoms with Crippen molar-refractivity contribution >= 4 is 5.82 Å². The Balaban J connectivity index is 1.98. The van der Waals surface area contributed by atoms with E-state index in [1.807, 2.05) is 0 Å². The zero-order valence-electron chi connectivity index (χ0n) is 11.9. The molecule has 1 aliphatic rings. The standard InChI is InChI=1S/C14H24N4O/c1-11(2)12(13-14(15)17-5-4-16-13)3-6-18-7-9-19-10-8-18/h4-5,11-12H,3,6-10H2,1-2H3,(H2,15,17)/t12-/m0/s1. The first-order valence-electron chi connectivity index (χ1n) is 7.05. The van der Waals surface area contributed by atoms with Gasteiger partial charge in [0.2, 0.25) is 0 Å². The summed E-state index contributed by atoms with van der Waals surface area (Å²) < 4.78 is 5.37. The Morgan fingerprint density at radius 2 is 1.95 bits per heavy atom. The topological polar surface area (TPSA) is 64.3 Å². The molecule has 1 aromatic heterocycles. The van der Waals surface area contributed by atoms with Crippen LogP contribution < -0.4 is 5.73 Å². The lowest BCUT2D eigenvalue weighted by atomic mass is 9.89. The molecule has 1 aromatic rings. The number of anilines is 1. The molecule has 0 bridgehead atoms. The average Bonchev–Trinajstić information content (AvgIpc) is 2.42. The van der Waals surface area contributed by atoms with Crippen molar-refractivity contribution in [2.24, 2.45) is 5.92 Å². The molecule has 0 spiro atoms. The summed E-state index contributed by atoms with van der Waals surface area (Å²) in [5.74, 6) is 1.46. The normalized spacial score (nSPS) is 18.7. The molecule has 0 unspecified atom stereocenters. The lowest BCUT2D eigenvalue weighted by Crippen LogP contribution is -2.37. The summed E-state index contributed by atoms with van der Waals surface area (Å²) in [5, 5.41) is 0. The van der Waals surface area contributed by atoms with Crippen LogP contribution in [0.3, 0.4) is 0 Å². The number of nitrogen functional groups attached to an aromatic ring is 1. The third-order valence-electron chi connectivity index (χ3n) is 3.77. The Morgan fingerprint density at radius 3 is 2.58 bits per heavy atom. The van der Waals surface area contributed by atoms with E-state index >= 15 is 0 Å². The van der Waals surface area contributed by atoms with E-state index in [-0.39, 0.29) is 0 Å². The van der Waals surface area contributed by atoms with Gasteiger partial charge in [0.05, 0.1) is 18.9 Å². The van der Waals surface area contributed by atoms with Crippen molar-refractivity contribution in [3.8, 4) is 0 Å². The van der Waals surface area contributed by atoms with Gasteiger partial charge in [0.25, 0.3) is 0 Å². The number of ether oxygens (including phenoxy) is 1. The van der Waals surface area contributed by atoms with Crippen molar-refractivity contribution in [3.63, 3.8) is 0 Å². The fraction of sp³-hybridized carbons (Fsp3) is 0.714. The molecule has 19 heavy (non-hydrogen) atoms. The monoisotopic (exact) mass is 264 g/mol. The van der Waals surface area contributed by atoms with Gasteiger partial charge in [0, 0.05) is 31.4 Å². The van der Waals surface area contributed by atoms with Crippen LogP contribution >= 0.6 is 0 Å². The van der Waals surface area contributed by atoms with Crippen LogP contribution in [0.15, 0.2) is 12.4 Å². The SMILES string of the molecule is CC(C)[C@H](CCN1CCOCC1)c1nccnc1N. The van der Waals surface area contributed by atoms with E-state index in [1.54, 1.807) is 12.4 Å². The Morgan fingerprint density at radius 1 is 1.26 bits per heavy atom. The van der Waals surface area contributed by atoms with Gasteiger partial charge in [-0.25, -0.2) is 4.98 Å². The number of rotatable bonds is 5. The number of hydrogen-bond donors (Lipinski definition) is 1. The molecule has 1 saturated heterocycles. The summed E-state index contributed by atoms with van der Waals surface area (Å²) in [4.78, 5) is 11.0. The molecule has 1 fully saturated rings. The second kappa shape index (κ2) is 6.82. The molecule has 0 saturated carbocycles. The lowest BCUT2D eigenvalue weighted by molar-refractivity contribution is 0.0359. The zero-order chi connectivity index (χ0) is 13.7. The molecule has 0 amide bonds. The predicted molar refractivity (Wildman–Crippen MR) is 75.9 cm³/mol. The minimum absolute atomic E-state index is 0.372. The molecule has 2 heterocycles. The van der Waals surface area contributed by atoms with E-state index in [4.69, 9.17) is 10.5 Å². The molecule has 5 heteroatoms. The number of aromatic nitrogens is 2. The molecule has 0 radical (unpaired) electrons. The maximum absolute atomic E-state index is 5.96. The van der Waals surface area contributed by atoms with Crippen molar-refractivity contribution in [2.75, 3.05) is 38.6 Å². The van der Waals surface area contributed by atoms with Gasteiger partial charge in [0.15, 0.2) is 0 Å². The Kier molecular flexibility index (Phi) is 5.10. The summed E-state index contributed by atoms with van der Waals surface area (Å²) in [6.07, 6.45) is 4.45. The van der Waals surface area contributed by atoms with Crippen molar-refractivity contribution in [3.05, 3.63) is 18.1 Å². The Labute approximate surface area is 115 Å². The molecule has 0 aliphatic carbocycles. The summed E-state index contributed by atoms with van der Waals surface area (Å²) in [6, 6.07) is 0. The van der Waals surface area contributed by atoms with E-state index < -0.39 is 0 Å². The van der Waals surface area contributed by atoms with Gasteiger partial charge in [-0.1, -0.05) is 13.8 Å². The number of hydrogen-bond acceptors (Lipinski definition) is 5. The van der Waals surface area contributed by atoms with Crippen LogP contribution in [-0.4, -0.2) is 47.7 Å². The number of nitrogens with two attached hydrogens (primary N) is 1. The largest absolute Gasteiger partial charge is 0.382 e. The maximum atomic E-state index is 5.96. The Hall–Kier alpha value is -1.20. The van der Waals surface area contributed by atoms with E-state index in [0.717, 1.165) is 45.0 Å². The highest BCUT2D eigenvalue weighted by molar-refractivity contribution is 5.36. The smallest absolute Gasteiger partial charge is 0.145 e. The molecular weight excluding hydrogens is 240 g/mol. The summed E-state index contributed by atoms with van der Waals surface area (Å²) in [7, 11) is 0.